The molecule has 0 bridgehead atoms. The fourth-order valence-corrected chi connectivity index (χ4v) is 2.39. The largest absolute Gasteiger partial charge is 0.234 e. The van der Waals surface area contributed by atoms with Crippen LogP contribution in [0, 0.1) is 0 Å². The van der Waals surface area contributed by atoms with Crippen LogP contribution in [-0.2, 0) is 3.63 Å². The van der Waals surface area contributed by atoms with Crippen molar-refractivity contribution in [1.29, 1.82) is 0 Å². The standard InChI is InChI=1S/C8H4Cl2N4OS2/c9-7-11-3-1-5(13-7)16-15-17-6-2-4-12-8(10)14-6/h1-4H. The molecule has 2 heterocycles. The first kappa shape index (κ1) is 12.8. The summed E-state index contributed by atoms with van der Waals surface area (Å²) in [5.41, 5.74) is 0. The summed E-state index contributed by atoms with van der Waals surface area (Å²) < 4.78 is 5.25. The molecule has 2 aromatic heterocycles. The van der Waals surface area contributed by atoms with Crippen LogP contribution in [0.4, 0.5) is 0 Å². The van der Waals surface area contributed by atoms with Crippen LogP contribution in [-0.4, -0.2) is 19.9 Å². The number of hydrogen-bond acceptors (Lipinski definition) is 7. The normalized spacial score (nSPS) is 10.5. The topological polar surface area (TPSA) is 60.8 Å². The Morgan fingerprint density at radius 2 is 1.35 bits per heavy atom. The van der Waals surface area contributed by atoms with E-state index in [1.807, 2.05) is 0 Å². The van der Waals surface area contributed by atoms with Crippen molar-refractivity contribution < 1.29 is 3.63 Å². The average Bonchev–Trinajstić information content (AvgIpc) is 2.29. The highest BCUT2D eigenvalue weighted by atomic mass is 35.5. The number of rotatable bonds is 4. The number of aromatic nitrogens is 4. The molecule has 0 aliphatic heterocycles. The fraction of sp³-hybridized carbons (Fsp3) is 0. The van der Waals surface area contributed by atoms with Gasteiger partial charge in [-0.3, -0.25) is 0 Å². The first-order valence-corrected chi connectivity index (χ1v) is 6.46. The van der Waals surface area contributed by atoms with Crippen LogP contribution in [0.5, 0.6) is 0 Å². The molecule has 2 rings (SSSR count). The van der Waals surface area contributed by atoms with Crippen LogP contribution >= 0.6 is 47.3 Å². The van der Waals surface area contributed by atoms with E-state index in [0.717, 1.165) is 24.1 Å². The summed E-state index contributed by atoms with van der Waals surface area (Å²) in [7, 11) is 0. The van der Waals surface area contributed by atoms with E-state index >= 15 is 0 Å². The third kappa shape index (κ3) is 4.29. The maximum Gasteiger partial charge on any atom is 0.223 e. The van der Waals surface area contributed by atoms with E-state index in [1.165, 1.54) is 0 Å². The molecule has 0 saturated heterocycles. The Morgan fingerprint density at radius 1 is 0.882 bits per heavy atom. The molecular formula is C8H4Cl2N4OS2. The van der Waals surface area contributed by atoms with Crippen molar-refractivity contribution in [3.63, 3.8) is 0 Å². The monoisotopic (exact) mass is 306 g/mol. The molecule has 88 valence electrons. The van der Waals surface area contributed by atoms with Crippen LogP contribution in [0.3, 0.4) is 0 Å². The molecule has 0 aliphatic carbocycles. The highest BCUT2D eigenvalue weighted by molar-refractivity contribution is 8.07. The molecular weight excluding hydrogens is 303 g/mol. The minimum Gasteiger partial charge on any atom is -0.234 e. The maximum atomic E-state index is 5.63. The summed E-state index contributed by atoms with van der Waals surface area (Å²) in [5.74, 6) is 0. The van der Waals surface area contributed by atoms with E-state index < -0.39 is 0 Å². The van der Waals surface area contributed by atoms with Gasteiger partial charge < -0.3 is 0 Å². The summed E-state index contributed by atoms with van der Waals surface area (Å²) in [6.07, 6.45) is 3.10. The van der Waals surface area contributed by atoms with Gasteiger partial charge in [-0.1, -0.05) is 0 Å². The SMILES string of the molecule is Clc1nccc(SOSc2ccnc(Cl)n2)n1. The van der Waals surface area contributed by atoms with Gasteiger partial charge in [0, 0.05) is 12.4 Å². The molecule has 2 aromatic rings. The van der Waals surface area contributed by atoms with Crippen molar-refractivity contribution in [3.05, 3.63) is 35.1 Å². The van der Waals surface area contributed by atoms with Gasteiger partial charge in [-0.2, -0.15) is 0 Å². The first-order valence-electron chi connectivity index (χ1n) is 4.22. The smallest absolute Gasteiger partial charge is 0.223 e. The molecule has 5 nitrogen and oxygen atoms in total. The number of hydrogen-bond donors (Lipinski definition) is 0. The van der Waals surface area contributed by atoms with Gasteiger partial charge in [-0.15, -0.1) is 0 Å². The zero-order chi connectivity index (χ0) is 12.1. The highest BCUT2D eigenvalue weighted by Gasteiger charge is 2.02. The molecule has 0 radical (unpaired) electrons. The molecule has 0 atom stereocenters. The maximum absolute atomic E-state index is 5.63. The van der Waals surface area contributed by atoms with E-state index in [0.29, 0.717) is 10.1 Å². The van der Waals surface area contributed by atoms with Crippen LogP contribution < -0.4 is 0 Å². The lowest BCUT2D eigenvalue weighted by atomic mass is 10.7. The van der Waals surface area contributed by atoms with Crippen LogP contribution in [0.2, 0.25) is 10.6 Å². The van der Waals surface area contributed by atoms with E-state index in [4.69, 9.17) is 26.8 Å². The first-order chi connectivity index (χ1) is 8.24. The summed E-state index contributed by atoms with van der Waals surface area (Å²) in [5, 5.41) is 1.57. The third-order valence-electron chi connectivity index (χ3n) is 1.44. The fourth-order valence-electron chi connectivity index (χ4n) is 0.819. The van der Waals surface area contributed by atoms with Gasteiger partial charge in [0.15, 0.2) is 0 Å². The predicted molar refractivity (Wildman–Crippen MR) is 66.9 cm³/mol. The lowest BCUT2D eigenvalue weighted by Crippen LogP contribution is -1.85. The van der Waals surface area contributed by atoms with E-state index in [-0.39, 0.29) is 10.6 Å². The zero-order valence-electron chi connectivity index (χ0n) is 8.08. The van der Waals surface area contributed by atoms with E-state index in [9.17, 15) is 0 Å². The molecule has 0 aliphatic rings. The van der Waals surface area contributed by atoms with Crippen molar-refractivity contribution in [2.45, 2.75) is 10.1 Å². The van der Waals surface area contributed by atoms with Crippen molar-refractivity contribution in [2.75, 3.05) is 0 Å². The summed E-state index contributed by atoms with van der Waals surface area (Å²) in [6.45, 7) is 0. The molecule has 17 heavy (non-hydrogen) atoms. The van der Waals surface area contributed by atoms with Gasteiger partial charge in [-0.05, 0) is 35.3 Å². The minimum absolute atomic E-state index is 0.175. The molecule has 0 unspecified atom stereocenters. The van der Waals surface area contributed by atoms with Gasteiger partial charge in [0.2, 0.25) is 10.6 Å². The molecule has 0 spiro atoms. The second kappa shape index (κ2) is 6.36. The lowest BCUT2D eigenvalue weighted by Gasteiger charge is -2.00. The van der Waals surface area contributed by atoms with Crippen molar-refractivity contribution in [3.8, 4) is 0 Å². The zero-order valence-corrected chi connectivity index (χ0v) is 11.2. The Morgan fingerprint density at radius 3 is 1.76 bits per heavy atom. The summed E-state index contributed by atoms with van der Waals surface area (Å²) in [6, 6.07) is 3.37. The van der Waals surface area contributed by atoms with Crippen LogP contribution in [0.25, 0.3) is 0 Å². The predicted octanol–water partition coefficient (Wildman–Crippen LogP) is 3.30. The molecule has 0 N–H and O–H groups in total. The van der Waals surface area contributed by atoms with Gasteiger partial charge in [0.05, 0.1) is 24.1 Å². The van der Waals surface area contributed by atoms with Crippen molar-refractivity contribution in [2.24, 2.45) is 0 Å². The molecule has 0 amide bonds. The van der Waals surface area contributed by atoms with Gasteiger partial charge in [-0.25, -0.2) is 23.6 Å². The summed E-state index contributed by atoms with van der Waals surface area (Å²) >= 11 is 13.4. The summed E-state index contributed by atoms with van der Waals surface area (Å²) in [4.78, 5) is 15.4. The van der Waals surface area contributed by atoms with Crippen molar-refractivity contribution in [1.82, 2.24) is 19.9 Å². The Kier molecular flexibility index (Phi) is 4.81. The minimum atomic E-state index is 0.175. The number of nitrogens with zero attached hydrogens (tertiary/aromatic N) is 4. The quantitative estimate of drug-likeness (QED) is 0.488. The highest BCUT2D eigenvalue weighted by Crippen LogP contribution is 2.27. The Hall–Kier alpha value is -0.600. The molecule has 0 saturated carbocycles. The molecule has 0 aromatic carbocycles. The van der Waals surface area contributed by atoms with Crippen LogP contribution in [0.15, 0.2) is 34.6 Å². The second-order valence-corrected chi connectivity index (χ2v) is 4.95. The van der Waals surface area contributed by atoms with Gasteiger partial charge in [0.25, 0.3) is 0 Å². The number of halogens is 2. The Balaban J connectivity index is 1.87. The second-order valence-electron chi connectivity index (χ2n) is 2.56. The average molecular weight is 307 g/mol. The van der Waals surface area contributed by atoms with Crippen molar-refractivity contribution >= 4 is 47.3 Å². The molecule has 0 fully saturated rings. The van der Waals surface area contributed by atoms with E-state index in [2.05, 4.69) is 19.9 Å². The third-order valence-corrected chi connectivity index (χ3v) is 3.14. The lowest BCUT2D eigenvalue weighted by molar-refractivity contribution is 0.744. The Bertz CT molecular complexity index is 471. The molecule has 9 heteroatoms. The van der Waals surface area contributed by atoms with Crippen LogP contribution in [0.1, 0.15) is 0 Å². The van der Waals surface area contributed by atoms with Gasteiger partial charge in [0.1, 0.15) is 10.1 Å². The van der Waals surface area contributed by atoms with E-state index in [1.54, 1.807) is 24.5 Å². The van der Waals surface area contributed by atoms with Gasteiger partial charge >= 0.3 is 0 Å². The Labute approximate surface area is 116 Å².